The van der Waals surface area contributed by atoms with Gasteiger partial charge in [0, 0.05) is 8.95 Å². The molecule has 0 radical (unpaired) electrons. The second-order valence-corrected chi connectivity index (χ2v) is 5.32. The van der Waals surface area contributed by atoms with E-state index in [0.717, 1.165) is 24.0 Å². The Bertz CT molecular complexity index is 300. The van der Waals surface area contributed by atoms with E-state index in [1.807, 2.05) is 0 Å². The van der Waals surface area contributed by atoms with Gasteiger partial charge in [0.25, 0.3) is 0 Å². The molecule has 0 aromatic heterocycles. The smallest absolute Gasteiger partial charge is 0.0208 e. The molecule has 0 unspecified atom stereocenters. The van der Waals surface area contributed by atoms with Gasteiger partial charge in [0.15, 0.2) is 0 Å². The van der Waals surface area contributed by atoms with Crippen LogP contribution in [0.4, 0.5) is 0 Å². The summed E-state index contributed by atoms with van der Waals surface area (Å²) in [7, 11) is 0. The molecule has 0 saturated carbocycles. The van der Waals surface area contributed by atoms with Gasteiger partial charge in [-0.25, -0.2) is 0 Å². The largest absolute Gasteiger partial charge is 0.317 e. The first-order valence-electron chi connectivity index (χ1n) is 5.38. The monoisotopic (exact) mass is 333 g/mol. The Labute approximate surface area is 109 Å². The minimum Gasteiger partial charge on any atom is -0.317 e. The maximum absolute atomic E-state index is 3.58. The van der Waals surface area contributed by atoms with Crippen LogP contribution in [0, 0.1) is 0 Å². The van der Waals surface area contributed by atoms with E-state index in [0.29, 0.717) is 0 Å². The molecule has 15 heavy (non-hydrogen) atoms. The molecule has 0 aliphatic rings. The van der Waals surface area contributed by atoms with Crippen LogP contribution in [0.25, 0.3) is 0 Å². The first-order valence-corrected chi connectivity index (χ1v) is 6.97. The van der Waals surface area contributed by atoms with E-state index in [4.69, 9.17) is 0 Å². The van der Waals surface area contributed by atoms with E-state index in [-0.39, 0.29) is 0 Å². The zero-order chi connectivity index (χ0) is 11.1. The fraction of sp³-hybridized carbons (Fsp3) is 0.500. The third kappa shape index (κ3) is 5.14. The molecule has 0 fully saturated rings. The van der Waals surface area contributed by atoms with Crippen LogP contribution in [0.15, 0.2) is 27.1 Å². The molecule has 0 heterocycles. The molecule has 0 atom stereocenters. The Morgan fingerprint density at radius 2 is 2.00 bits per heavy atom. The highest BCUT2D eigenvalue weighted by Gasteiger charge is 2.00. The summed E-state index contributed by atoms with van der Waals surface area (Å²) >= 11 is 7.07. The summed E-state index contributed by atoms with van der Waals surface area (Å²) in [6.45, 7) is 4.34. The van der Waals surface area contributed by atoms with Gasteiger partial charge in [-0.3, -0.25) is 0 Å². The normalized spacial score (nSPS) is 10.6. The maximum Gasteiger partial charge on any atom is 0.0208 e. The average Bonchev–Trinajstić information content (AvgIpc) is 2.23. The van der Waals surface area contributed by atoms with Crippen LogP contribution in [-0.2, 0) is 6.42 Å². The van der Waals surface area contributed by atoms with Crippen molar-refractivity contribution in [3.63, 3.8) is 0 Å². The summed E-state index contributed by atoms with van der Waals surface area (Å²) in [5, 5.41) is 3.34. The summed E-state index contributed by atoms with van der Waals surface area (Å²) in [6, 6.07) is 6.35. The molecular weight excluding hydrogens is 318 g/mol. The molecule has 1 nitrogen and oxygen atoms in total. The van der Waals surface area contributed by atoms with Gasteiger partial charge in [0.2, 0.25) is 0 Å². The molecule has 1 rings (SSSR count). The molecule has 0 saturated heterocycles. The van der Waals surface area contributed by atoms with Gasteiger partial charge in [-0.05, 0) is 56.1 Å². The Morgan fingerprint density at radius 1 is 1.20 bits per heavy atom. The van der Waals surface area contributed by atoms with Crippen molar-refractivity contribution in [2.45, 2.75) is 26.2 Å². The second-order valence-electron chi connectivity index (χ2n) is 3.55. The van der Waals surface area contributed by atoms with Crippen LogP contribution in [0.3, 0.4) is 0 Å². The number of benzene rings is 1. The number of nitrogens with one attached hydrogen (secondary N) is 1. The summed E-state index contributed by atoms with van der Waals surface area (Å²) in [4.78, 5) is 0. The zero-order valence-electron chi connectivity index (χ0n) is 9.02. The van der Waals surface area contributed by atoms with E-state index < -0.39 is 0 Å². The van der Waals surface area contributed by atoms with Gasteiger partial charge < -0.3 is 5.32 Å². The summed E-state index contributed by atoms with van der Waals surface area (Å²) in [5.74, 6) is 0. The van der Waals surface area contributed by atoms with Gasteiger partial charge in [0.05, 0.1) is 0 Å². The number of hydrogen-bond acceptors (Lipinski definition) is 1. The van der Waals surface area contributed by atoms with Crippen molar-refractivity contribution in [2.24, 2.45) is 0 Å². The van der Waals surface area contributed by atoms with Crippen LogP contribution < -0.4 is 5.32 Å². The number of unbranched alkanes of at least 4 members (excludes halogenated alkanes) is 1. The van der Waals surface area contributed by atoms with Gasteiger partial charge in [-0.2, -0.15) is 0 Å². The van der Waals surface area contributed by atoms with E-state index in [9.17, 15) is 0 Å². The third-order valence-electron chi connectivity index (χ3n) is 2.31. The van der Waals surface area contributed by atoms with Crippen molar-refractivity contribution in [3.05, 3.63) is 32.7 Å². The lowest BCUT2D eigenvalue weighted by Crippen LogP contribution is -2.13. The number of halogens is 2. The molecule has 0 amide bonds. The van der Waals surface area contributed by atoms with Crippen molar-refractivity contribution in [1.29, 1.82) is 0 Å². The minimum absolute atomic E-state index is 1.07. The number of hydrogen-bond donors (Lipinski definition) is 1. The van der Waals surface area contributed by atoms with E-state index in [1.165, 1.54) is 22.9 Å². The maximum atomic E-state index is 3.58. The lowest BCUT2D eigenvalue weighted by atomic mass is 10.1. The van der Waals surface area contributed by atoms with Gasteiger partial charge in [0.1, 0.15) is 0 Å². The van der Waals surface area contributed by atoms with E-state index in [1.54, 1.807) is 0 Å². The van der Waals surface area contributed by atoms with Crippen molar-refractivity contribution in [3.8, 4) is 0 Å². The van der Waals surface area contributed by atoms with Crippen LogP contribution in [0.5, 0.6) is 0 Å². The van der Waals surface area contributed by atoms with Crippen molar-refractivity contribution < 1.29 is 0 Å². The second kappa shape index (κ2) is 7.42. The predicted octanol–water partition coefficient (Wildman–Crippen LogP) is 4.14. The highest BCUT2D eigenvalue weighted by Crippen LogP contribution is 2.22. The predicted molar refractivity (Wildman–Crippen MR) is 73.3 cm³/mol. The SMILES string of the molecule is CCNCCCCc1cc(Br)ccc1Br. The molecule has 0 bridgehead atoms. The Kier molecular flexibility index (Phi) is 6.53. The molecule has 0 aliphatic carbocycles. The summed E-state index contributed by atoms with van der Waals surface area (Å²) in [6.07, 6.45) is 3.63. The molecule has 1 N–H and O–H groups in total. The standard InChI is InChI=1S/C12H17Br2N/c1-2-15-8-4-3-5-10-9-11(13)6-7-12(10)14/h6-7,9,15H,2-5,8H2,1H3. The van der Waals surface area contributed by atoms with Crippen LogP contribution >= 0.6 is 31.9 Å². The third-order valence-corrected chi connectivity index (χ3v) is 3.57. The van der Waals surface area contributed by atoms with Gasteiger partial charge in [-0.15, -0.1) is 0 Å². The first kappa shape index (κ1) is 13.2. The molecular formula is C12H17Br2N. The Balaban J connectivity index is 2.33. The van der Waals surface area contributed by atoms with Crippen LogP contribution in [-0.4, -0.2) is 13.1 Å². The van der Waals surface area contributed by atoms with Crippen molar-refractivity contribution >= 4 is 31.9 Å². The van der Waals surface area contributed by atoms with Gasteiger partial charge in [-0.1, -0.05) is 38.8 Å². The lowest BCUT2D eigenvalue weighted by Gasteiger charge is -2.05. The molecule has 0 aliphatic heterocycles. The Hall–Kier alpha value is 0.140. The molecule has 1 aromatic carbocycles. The minimum atomic E-state index is 1.07. The van der Waals surface area contributed by atoms with Gasteiger partial charge >= 0.3 is 0 Å². The van der Waals surface area contributed by atoms with Crippen LogP contribution in [0.2, 0.25) is 0 Å². The van der Waals surface area contributed by atoms with E-state index in [2.05, 4.69) is 62.3 Å². The highest BCUT2D eigenvalue weighted by molar-refractivity contribution is 9.11. The number of aryl methyl sites for hydroxylation is 1. The quantitative estimate of drug-likeness (QED) is 0.771. The topological polar surface area (TPSA) is 12.0 Å². The summed E-state index contributed by atoms with van der Waals surface area (Å²) in [5.41, 5.74) is 1.39. The average molecular weight is 335 g/mol. The molecule has 1 aromatic rings. The fourth-order valence-electron chi connectivity index (χ4n) is 1.48. The zero-order valence-corrected chi connectivity index (χ0v) is 12.2. The van der Waals surface area contributed by atoms with Crippen molar-refractivity contribution in [1.82, 2.24) is 5.32 Å². The van der Waals surface area contributed by atoms with Crippen molar-refractivity contribution in [2.75, 3.05) is 13.1 Å². The summed E-state index contributed by atoms with van der Waals surface area (Å²) < 4.78 is 2.38. The van der Waals surface area contributed by atoms with E-state index >= 15 is 0 Å². The number of rotatable bonds is 6. The lowest BCUT2D eigenvalue weighted by molar-refractivity contribution is 0.640. The fourth-order valence-corrected chi connectivity index (χ4v) is 2.33. The molecule has 0 spiro atoms. The molecule has 3 heteroatoms. The first-order chi connectivity index (χ1) is 7.24. The van der Waals surface area contributed by atoms with Crippen LogP contribution in [0.1, 0.15) is 25.3 Å². The Morgan fingerprint density at radius 3 is 2.73 bits per heavy atom. The highest BCUT2D eigenvalue weighted by atomic mass is 79.9. The molecule has 84 valence electrons.